The van der Waals surface area contributed by atoms with E-state index in [0.717, 1.165) is 11.1 Å². The van der Waals surface area contributed by atoms with E-state index in [1.807, 2.05) is 12.1 Å². The van der Waals surface area contributed by atoms with Gasteiger partial charge < -0.3 is 9.84 Å². The van der Waals surface area contributed by atoms with Gasteiger partial charge in [-0.3, -0.25) is 0 Å². The highest BCUT2D eigenvalue weighted by molar-refractivity contribution is 5.85. The summed E-state index contributed by atoms with van der Waals surface area (Å²) >= 11 is 0. The number of esters is 1. The first-order valence-electron chi connectivity index (χ1n) is 4.38. The molecule has 0 aromatic heterocycles. The van der Waals surface area contributed by atoms with Crippen LogP contribution in [-0.4, -0.2) is 17.7 Å². The molecule has 72 valence electrons. The van der Waals surface area contributed by atoms with Gasteiger partial charge in [-0.2, -0.15) is 0 Å². The summed E-state index contributed by atoms with van der Waals surface area (Å²) in [4.78, 5) is 10.8. The monoisotopic (exact) mass is 190 g/mol. The lowest BCUT2D eigenvalue weighted by Crippen LogP contribution is -1.94. The van der Waals surface area contributed by atoms with Gasteiger partial charge in [-0.15, -0.1) is 0 Å². The zero-order valence-electron chi connectivity index (χ0n) is 7.56. The average molecular weight is 190 g/mol. The topological polar surface area (TPSA) is 46.5 Å². The molecule has 0 saturated carbocycles. The van der Waals surface area contributed by atoms with Crippen molar-refractivity contribution in [3.63, 3.8) is 0 Å². The van der Waals surface area contributed by atoms with E-state index in [0.29, 0.717) is 13.0 Å². The van der Waals surface area contributed by atoms with Crippen LogP contribution in [0.3, 0.4) is 0 Å². The van der Waals surface area contributed by atoms with Gasteiger partial charge in [0.05, 0.1) is 0 Å². The van der Waals surface area contributed by atoms with Crippen molar-refractivity contribution >= 4 is 5.97 Å². The van der Waals surface area contributed by atoms with Crippen LogP contribution in [-0.2, 0) is 16.0 Å². The summed E-state index contributed by atoms with van der Waals surface area (Å²) in [5.41, 5.74) is 2.04. The third-order valence-electron chi connectivity index (χ3n) is 2.09. The minimum Gasteiger partial charge on any atom is -0.508 e. The van der Waals surface area contributed by atoms with Crippen molar-refractivity contribution in [1.29, 1.82) is 0 Å². The van der Waals surface area contributed by atoms with Crippen molar-refractivity contribution < 1.29 is 14.6 Å². The van der Waals surface area contributed by atoms with Crippen molar-refractivity contribution in [3.8, 4) is 5.75 Å². The fourth-order valence-electron chi connectivity index (χ4n) is 1.39. The van der Waals surface area contributed by atoms with E-state index in [-0.39, 0.29) is 11.7 Å². The molecule has 1 aromatic carbocycles. The van der Waals surface area contributed by atoms with Crippen LogP contribution in [0, 0.1) is 0 Å². The summed E-state index contributed by atoms with van der Waals surface area (Å²) in [5.74, 6) is -0.0137. The highest BCUT2D eigenvalue weighted by atomic mass is 16.5. The van der Waals surface area contributed by atoms with E-state index in [1.54, 1.807) is 12.1 Å². The minimum absolute atomic E-state index is 0.251. The van der Waals surface area contributed by atoms with Crippen LogP contribution in [0.1, 0.15) is 5.56 Å². The molecule has 1 aliphatic rings. The molecule has 0 bridgehead atoms. The number of benzene rings is 1. The van der Waals surface area contributed by atoms with E-state index < -0.39 is 0 Å². The van der Waals surface area contributed by atoms with Crippen LogP contribution in [0.5, 0.6) is 5.75 Å². The van der Waals surface area contributed by atoms with E-state index >= 15 is 0 Å². The Labute approximate surface area is 81.6 Å². The Hall–Kier alpha value is -1.77. The van der Waals surface area contributed by atoms with Crippen LogP contribution in [0.25, 0.3) is 0 Å². The largest absolute Gasteiger partial charge is 0.508 e. The number of hydrogen-bond donors (Lipinski definition) is 1. The number of carbonyl (C=O) groups is 1. The Morgan fingerprint density at radius 3 is 2.57 bits per heavy atom. The van der Waals surface area contributed by atoms with E-state index in [1.165, 1.54) is 6.08 Å². The van der Waals surface area contributed by atoms with Crippen molar-refractivity contribution in [3.05, 3.63) is 41.5 Å². The number of phenols is 1. The number of carbonyl (C=O) groups excluding carboxylic acids is 1. The van der Waals surface area contributed by atoms with Gasteiger partial charge >= 0.3 is 5.97 Å². The lowest BCUT2D eigenvalue weighted by molar-refractivity contribution is -0.134. The van der Waals surface area contributed by atoms with Crippen molar-refractivity contribution in [2.24, 2.45) is 0 Å². The quantitative estimate of drug-likeness (QED) is 0.717. The summed E-state index contributed by atoms with van der Waals surface area (Å²) < 4.78 is 4.78. The minimum atomic E-state index is -0.265. The molecule has 14 heavy (non-hydrogen) atoms. The zero-order chi connectivity index (χ0) is 9.97. The molecule has 3 nitrogen and oxygen atoms in total. The van der Waals surface area contributed by atoms with Gasteiger partial charge in [0.1, 0.15) is 12.4 Å². The first-order chi connectivity index (χ1) is 6.74. The van der Waals surface area contributed by atoms with Crippen LogP contribution in [0.4, 0.5) is 0 Å². The molecule has 0 radical (unpaired) electrons. The first kappa shape index (κ1) is 8.81. The van der Waals surface area contributed by atoms with Gasteiger partial charge in [-0.05, 0) is 29.7 Å². The lowest BCUT2D eigenvalue weighted by atomic mass is 10.1. The third kappa shape index (κ3) is 1.93. The Kier molecular flexibility index (Phi) is 2.23. The second-order valence-electron chi connectivity index (χ2n) is 3.25. The highest BCUT2D eigenvalue weighted by Crippen LogP contribution is 2.15. The Balaban J connectivity index is 2.08. The van der Waals surface area contributed by atoms with Gasteiger partial charge in [0.25, 0.3) is 0 Å². The summed E-state index contributed by atoms with van der Waals surface area (Å²) in [5, 5.41) is 9.07. The van der Waals surface area contributed by atoms with Crippen LogP contribution >= 0.6 is 0 Å². The standard InChI is InChI=1S/C11H10O3/c12-10-3-1-8(2-4-10)5-9-6-11(13)14-7-9/h1-4,6,12H,5,7H2. The maximum atomic E-state index is 10.8. The van der Waals surface area contributed by atoms with E-state index in [4.69, 9.17) is 9.84 Å². The molecule has 2 rings (SSSR count). The molecule has 0 saturated heterocycles. The smallest absolute Gasteiger partial charge is 0.331 e. The molecular formula is C11H10O3. The van der Waals surface area contributed by atoms with E-state index in [2.05, 4.69) is 0 Å². The Bertz CT molecular complexity index is 376. The molecule has 1 aliphatic heterocycles. The van der Waals surface area contributed by atoms with Gasteiger partial charge in [-0.25, -0.2) is 4.79 Å². The fourth-order valence-corrected chi connectivity index (χ4v) is 1.39. The summed E-state index contributed by atoms with van der Waals surface area (Å²) in [7, 11) is 0. The van der Waals surface area contributed by atoms with Gasteiger partial charge in [0.15, 0.2) is 0 Å². The normalized spacial score (nSPS) is 15.1. The average Bonchev–Trinajstić information content (AvgIpc) is 2.56. The number of hydrogen-bond acceptors (Lipinski definition) is 3. The molecule has 0 unspecified atom stereocenters. The van der Waals surface area contributed by atoms with Crippen LogP contribution in [0.15, 0.2) is 35.9 Å². The first-order valence-corrected chi connectivity index (χ1v) is 4.38. The fraction of sp³-hybridized carbons (Fsp3) is 0.182. The van der Waals surface area contributed by atoms with Gasteiger partial charge in [0.2, 0.25) is 0 Å². The van der Waals surface area contributed by atoms with Gasteiger partial charge in [-0.1, -0.05) is 12.1 Å². The van der Waals surface area contributed by atoms with Crippen molar-refractivity contribution in [1.82, 2.24) is 0 Å². The SMILES string of the molecule is O=C1C=C(Cc2ccc(O)cc2)CO1. The Morgan fingerprint density at radius 1 is 1.29 bits per heavy atom. The molecule has 1 aromatic rings. The molecule has 0 atom stereocenters. The molecule has 0 fully saturated rings. The van der Waals surface area contributed by atoms with Crippen LogP contribution in [0.2, 0.25) is 0 Å². The molecule has 0 amide bonds. The maximum absolute atomic E-state index is 10.8. The molecule has 1 N–H and O–H groups in total. The predicted octanol–water partition coefficient (Wildman–Crippen LogP) is 1.42. The molecule has 1 heterocycles. The third-order valence-corrected chi connectivity index (χ3v) is 2.09. The van der Waals surface area contributed by atoms with E-state index in [9.17, 15) is 4.79 Å². The number of phenolic OH excluding ortho intramolecular Hbond substituents is 1. The molecule has 3 heteroatoms. The Morgan fingerprint density at radius 2 is 2.00 bits per heavy atom. The summed E-state index contributed by atoms with van der Waals surface area (Å²) in [6, 6.07) is 6.93. The number of rotatable bonds is 2. The van der Waals surface area contributed by atoms with Crippen molar-refractivity contribution in [2.75, 3.05) is 6.61 Å². The maximum Gasteiger partial charge on any atom is 0.331 e. The summed E-state index contributed by atoms with van der Waals surface area (Å²) in [6.45, 7) is 0.389. The highest BCUT2D eigenvalue weighted by Gasteiger charge is 2.12. The van der Waals surface area contributed by atoms with Crippen LogP contribution < -0.4 is 0 Å². The zero-order valence-corrected chi connectivity index (χ0v) is 7.56. The number of cyclic esters (lactones) is 1. The second kappa shape index (κ2) is 3.54. The number of aromatic hydroxyl groups is 1. The lowest BCUT2D eigenvalue weighted by Gasteiger charge is -2.00. The number of ether oxygens (including phenoxy) is 1. The van der Waals surface area contributed by atoms with Crippen molar-refractivity contribution in [2.45, 2.75) is 6.42 Å². The molecular weight excluding hydrogens is 180 g/mol. The van der Waals surface area contributed by atoms with Gasteiger partial charge in [0, 0.05) is 6.08 Å². The summed E-state index contributed by atoms with van der Waals surface area (Å²) in [6.07, 6.45) is 2.22. The molecule has 0 aliphatic carbocycles. The molecule has 0 spiro atoms. The predicted molar refractivity (Wildman–Crippen MR) is 50.9 cm³/mol. The second-order valence-corrected chi connectivity index (χ2v) is 3.25.